The molecular formula is C14H27N3O2. The van der Waals surface area contributed by atoms with Crippen LogP contribution >= 0.6 is 0 Å². The van der Waals surface area contributed by atoms with E-state index in [9.17, 15) is 4.79 Å². The van der Waals surface area contributed by atoms with Crippen LogP contribution in [0.3, 0.4) is 0 Å². The molecule has 0 radical (unpaired) electrons. The minimum atomic E-state index is -0.874. The van der Waals surface area contributed by atoms with Crippen molar-refractivity contribution in [1.29, 1.82) is 0 Å². The summed E-state index contributed by atoms with van der Waals surface area (Å²) in [6.45, 7) is 3.79. The molecule has 0 bridgehead atoms. The normalized spacial score (nSPS) is 18.9. The summed E-state index contributed by atoms with van der Waals surface area (Å²) in [4.78, 5) is 12.5. The van der Waals surface area contributed by atoms with Crippen LogP contribution in [0.25, 0.3) is 0 Å². The molecule has 0 unspecified atom stereocenters. The molecule has 0 aromatic carbocycles. The van der Waals surface area contributed by atoms with Gasteiger partial charge in [-0.1, -0.05) is 44.7 Å². The van der Waals surface area contributed by atoms with Gasteiger partial charge in [-0.05, 0) is 25.7 Å². The molecule has 0 aromatic heterocycles. The summed E-state index contributed by atoms with van der Waals surface area (Å²) in [5.41, 5.74) is 4.88. The summed E-state index contributed by atoms with van der Waals surface area (Å²) in [6.07, 6.45) is 7.98. The van der Waals surface area contributed by atoms with E-state index in [0.717, 1.165) is 12.8 Å². The highest BCUT2D eigenvalue weighted by molar-refractivity contribution is 6.06. The Balaban J connectivity index is 2.76. The second-order valence-electron chi connectivity index (χ2n) is 5.44. The summed E-state index contributed by atoms with van der Waals surface area (Å²) in [5.74, 6) is -0.0803. The number of carbonyl (C=O) groups excluding carboxylic acids is 1. The van der Waals surface area contributed by atoms with Crippen molar-refractivity contribution in [2.75, 3.05) is 0 Å². The van der Waals surface area contributed by atoms with Gasteiger partial charge >= 0.3 is 0 Å². The fraction of sp³-hybridized carbons (Fsp3) is 0.857. The van der Waals surface area contributed by atoms with Crippen LogP contribution in [0.4, 0.5) is 0 Å². The Hall–Kier alpha value is -1.26. The van der Waals surface area contributed by atoms with Gasteiger partial charge in [0, 0.05) is 6.04 Å². The highest BCUT2D eigenvalue weighted by Crippen LogP contribution is 2.28. The minimum absolute atomic E-state index is 0.0172. The molecular weight excluding hydrogens is 242 g/mol. The van der Waals surface area contributed by atoms with Crippen molar-refractivity contribution in [3.05, 3.63) is 0 Å². The summed E-state index contributed by atoms with van der Waals surface area (Å²) in [7, 11) is 0. The molecule has 0 aliphatic heterocycles. The number of oxime groups is 1. The van der Waals surface area contributed by atoms with Gasteiger partial charge in [0.25, 0.3) is 0 Å². The first-order valence-corrected chi connectivity index (χ1v) is 7.39. The SMILES string of the molecule is CCC(CC)(C(=O)NC1CCCCCC1)C(N)=NO. The number of nitrogens with one attached hydrogen (secondary N) is 1. The Morgan fingerprint density at radius 2 is 1.79 bits per heavy atom. The monoisotopic (exact) mass is 269 g/mol. The number of amidine groups is 1. The van der Waals surface area contributed by atoms with Crippen molar-refractivity contribution >= 4 is 11.7 Å². The number of amides is 1. The van der Waals surface area contributed by atoms with Crippen molar-refractivity contribution in [3.8, 4) is 0 Å². The highest BCUT2D eigenvalue weighted by Gasteiger charge is 2.40. The third-order valence-corrected chi connectivity index (χ3v) is 4.43. The van der Waals surface area contributed by atoms with Crippen LogP contribution in [0.15, 0.2) is 5.16 Å². The Bertz CT molecular complexity index is 317. The van der Waals surface area contributed by atoms with Crippen molar-refractivity contribution in [2.24, 2.45) is 16.3 Å². The molecule has 110 valence electrons. The number of rotatable bonds is 5. The van der Waals surface area contributed by atoms with E-state index in [1.807, 2.05) is 13.8 Å². The third-order valence-electron chi connectivity index (χ3n) is 4.43. The van der Waals surface area contributed by atoms with Crippen LogP contribution < -0.4 is 11.1 Å². The Morgan fingerprint density at radius 1 is 1.26 bits per heavy atom. The maximum absolute atomic E-state index is 12.5. The first-order chi connectivity index (χ1) is 9.10. The maximum Gasteiger partial charge on any atom is 0.234 e. The molecule has 0 spiro atoms. The Morgan fingerprint density at radius 3 is 2.21 bits per heavy atom. The molecule has 0 atom stereocenters. The molecule has 5 nitrogen and oxygen atoms in total. The third kappa shape index (κ3) is 3.61. The number of nitrogens with two attached hydrogens (primary N) is 1. The van der Waals surface area contributed by atoms with Gasteiger partial charge in [-0.3, -0.25) is 4.79 Å². The van der Waals surface area contributed by atoms with Crippen molar-refractivity contribution in [1.82, 2.24) is 5.32 Å². The van der Waals surface area contributed by atoms with E-state index < -0.39 is 5.41 Å². The standard InChI is InChI=1S/C14H27N3O2/c1-3-14(4-2,12(15)17-19)13(18)16-11-9-7-5-6-8-10-11/h11,19H,3-10H2,1-2H3,(H2,15,17)(H,16,18). The van der Waals surface area contributed by atoms with Crippen LogP contribution in [-0.2, 0) is 4.79 Å². The van der Waals surface area contributed by atoms with E-state index >= 15 is 0 Å². The number of nitrogens with zero attached hydrogens (tertiary/aromatic N) is 1. The lowest BCUT2D eigenvalue weighted by atomic mass is 9.79. The van der Waals surface area contributed by atoms with E-state index in [1.54, 1.807) is 0 Å². The van der Waals surface area contributed by atoms with Gasteiger partial charge in [0.2, 0.25) is 5.91 Å². The predicted molar refractivity (Wildman–Crippen MR) is 76.1 cm³/mol. The summed E-state index contributed by atoms with van der Waals surface area (Å²) in [5, 5.41) is 15.1. The quantitative estimate of drug-likeness (QED) is 0.235. The van der Waals surface area contributed by atoms with Crippen LogP contribution in [0, 0.1) is 5.41 Å². The van der Waals surface area contributed by atoms with E-state index in [2.05, 4.69) is 10.5 Å². The summed E-state index contributed by atoms with van der Waals surface area (Å²) >= 11 is 0. The second kappa shape index (κ2) is 7.36. The van der Waals surface area contributed by atoms with Crippen molar-refractivity contribution < 1.29 is 10.0 Å². The van der Waals surface area contributed by atoms with Crippen LogP contribution in [0.2, 0.25) is 0 Å². The van der Waals surface area contributed by atoms with Gasteiger partial charge in [-0.2, -0.15) is 0 Å². The fourth-order valence-corrected chi connectivity index (χ4v) is 2.89. The average molecular weight is 269 g/mol. The molecule has 1 aliphatic carbocycles. The smallest absolute Gasteiger partial charge is 0.234 e. The molecule has 1 rings (SSSR count). The first-order valence-electron chi connectivity index (χ1n) is 7.39. The van der Waals surface area contributed by atoms with Gasteiger partial charge in [0.1, 0.15) is 5.41 Å². The van der Waals surface area contributed by atoms with E-state index in [4.69, 9.17) is 10.9 Å². The maximum atomic E-state index is 12.5. The first kappa shape index (κ1) is 15.8. The van der Waals surface area contributed by atoms with Crippen LogP contribution in [-0.4, -0.2) is 23.0 Å². The molecule has 1 aliphatic rings. The van der Waals surface area contributed by atoms with Crippen LogP contribution in [0.1, 0.15) is 65.2 Å². The highest BCUT2D eigenvalue weighted by atomic mass is 16.4. The molecule has 0 aromatic rings. The predicted octanol–water partition coefficient (Wildman–Crippen LogP) is 2.38. The topological polar surface area (TPSA) is 87.7 Å². The minimum Gasteiger partial charge on any atom is -0.409 e. The van der Waals surface area contributed by atoms with E-state index in [0.29, 0.717) is 12.8 Å². The molecule has 5 heteroatoms. The van der Waals surface area contributed by atoms with E-state index in [1.165, 1.54) is 25.7 Å². The van der Waals surface area contributed by atoms with Gasteiger partial charge < -0.3 is 16.3 Å². The fourth-order valence-electron chi connectivity index (χ4n) is 2.89. The van der Waals surface area contributed by atoms with Crippen molar-refractivity contribution in [2.45, 2.75) is 71.3 Å². The Kier molecular flexibility index (Phi) is 6.12. The average Bonchev–Trinajstić information content (AvgIpc) is 2.69. The van der Waals surface area contributed by atoms with Gasteiger partial charge in [-0.25, -0.2) is 0 Å². The lowest BCUT2D eigenvalue weighted by Crippen LogP contribution is -2.51. The molecule has 4 N–H and O–H groups in total. The molecule has 1 amide bonds. The lowest BCUT2D eigenvalue weighted by molar-refractivity contribution is -0.128. The lowest BCUT2D eigenvalue weighted by Gasteiger charge is -2.31. The largest absolute Gasteiger partial charge is 0.409 e. The molecule has 1 fully saturated rings. The van der Waals surface area contributed by atoms with Crippen LogP contribution in [0.5, 0.6) is 0 Å². The number of carbonyl (C=O) groups is 1. The Labute approximate surface area is 115 Å². The summed E-state index contributed by atoms with van der Waals surface area (Å²) in [6, 6.07) is 0.235. The second-order valence-corrected chi connectivity index (χ2v) is 5.44. The molecule has 19 heavy (non-hydrogen) atoms. The zero-order valence-electron chi connectivity index (χ0n) is 12.1. The van der Waals surface area contributed by atoms with Crippen molar-refractivity contribution in [3.63, 3.8) is 0 Å². The summed E-state index contributed by atoms with van der Waals surface area (Å²) < 4.78 is 0. The molecule has 0 heterocycles. The molecule has 1 saturated carbocycles. The van der Waals surface area contributed by atoms with Gasteiger partial charge in [0.15, 0.2) is 5.84 Å². The van der Waals surface area contributed by atoms with Gasteiger partial charge in [-0.15, -0.1) is 0 Å². The van der Waals surface area contributed by atoms with Gasteiger partial charge in [0.05, 0.1) is 0 Å². The van der Waals surface area contributed by atoms with E-state index in [-0.39, 0.29) is 17.8 Å². The number of hydrogen-bond donors (Lipinski definition) is 3. The molecule has 0 saturated heterocycles. The number of hydrogen-bond acceptors (Lipinski definition) is 3. The zero-order chi connectivity index (χ0) is 14.3. The zero-order valence-corrected chi connectivity index (χ0v) is 12.1.